The summed E-state index contributed by atoms with van der Waals surface area (Å²) in [5, 5.41) is 5.94. The van der Waals surface area contributed by atoms with Crippen molar-refractivity contribution in [3.63, 3.8) is 0 Å². The Morgan fingerprint density at radius 1 is 0.939 bits per heavy atom. The molecular weight excluding hydrogens is 422 g/mol. The van der Waals surface area contributed by atoms with Gasteiger partial charge >= 0.3 is 6.03 Å². The van der Waals surface area contributed by atoms with Crippen molar-refractivity contribution in [3.05, 3.63) is 23.8 Å². The molecule has 33 heavy (non-hydrogen) atoms. The lowest BCUT2D eigenvalue weighted by Gasteiger charge is -2.31. The van der Waals surface area contributed by atoms with E-state index >= 15 is 0 Å². The average molecular weight is 456 g/mol. The summed E-state index contributed by atoms with van der Waals surface area (Å²) in [5.41, 5.74) is 0.147. The molecule has 4 aliphatic rings. The Hall–Kier alpha value is -2.77. The molecule has 2 aliphatic heterocycles. The largest absolute Gasteiger partial charge is 0.486 e. The number of benzene rings is 1. The van der Waals surface area contributed by atoms with E-state index in [-0.39, 0.29) is 23.8 Å². The highest BCUT2D eigenvalue weighted by Crippen LogP contribution is 2.44. The van der Waals surface area contributed by atoms with Crippen LogP contribution in [0, 0.1) is 0 Å². The number of amides is 4. The smallest absolute Gasteiger partial charge is 0.325 e. The third-order valence-electron chi connectivity index (χ3n) is 7.84. The number of imide groups is 1. The van der Waals surface area contributed by atoms with Crippen LogP contribution >= 0.6 is 0 Å². The lowest BCUT2D eigenvalue weighted by molar-refractivity contribution is -0.135. The highest BCUT2D eigenvalue weighted by Gasteiger charge is 2.51. The summed E-state index contributed by atoms with van der Waals surface area (Å²) in [6.07, 6.45) is 9.44. The SMILES string of the molecule is O=C(CN1C(=O)NC2(CCCCCC2)C1=O)NCC1(c2ccc3c(c2)OCCO3)CCCC1. The van der Waals surface area contributed by atoms with Gasteiger partial charge in [0.05, 0.1) is 0 Å². The summed E-state index contributed by atoms with van der Waals surface area (Å²) >= 11 is 0. The summed E-state index contributed by atoms with van der Waals surface area (Å²) in [4.78, 5) is 39.6. The van der Waals surface area contributed by atoms with E-state index in [1.165, 1.54) is 0 Å². The maximum absolute atomic E-state index is 13.1. The Labute approximate surface area is 194 Å². The molecule has 0 radical (unpaired) electrons. The first-order chi connectivity index (χ1) is 16.0. The number of hydrogen-bond acceptors (Lipinski definition) is 5. The van der Waals surface area contributed by atoms with Gasteiger partial charge in [-0.3, -0.25) is 14.5 Å². The predicted molar refractivity (Wildman–Crippen MR) is 121 cm³/mol. The second kappa shape index (κ2) is 8.88. The van der Waals surface area contributed by atoms with E-state index in [1.807, 2.05) is 12.1 Å². The predicted octanol–water partition coefficient (Wildman–Crippen LogP) is 3.03. The van der Waals surface area contributed by atoms with Crippen LogP contribution in [-0.4, -0.2) is 54.6 Å². The summed E-state index contributed by atoms with van der Waals surface area (Å²) < 4.78 is 11.4. The zero-order valence-electron chi connectivity index (χ0n) is 19.1. The van der Waals surface area contributed by atoms with Crippen molar-refractivity contribution < 1.29 is 23.9 Å². The molecule has 1 aromatic rings. The fraction of sp³-hybridized carbons (Fsp3) is 0.640. The van der Waals surface area contributed by atoms with Crippen molar-refractivity contribution in [1.29, 1.82) is 0 Å². The van der Waals surface area contributed by atoms with Crippen molar-refractivity contribution in [3.8, 4) is 11.5 Å². The summed E-state index contributed by atoms with van der Waals surface area (Å²) in [5.74, 6) is 0.970. The Bertz CT molecular complexity index is 932. The van der Waals surface area contributed by atoms with Crippen LogP contribution in [0.3, 0.4) is 0 Å². The van der Waals surface area contributed by atoms with Gasteiger partial charge in [-0.25, -0.2) is 4.79 Å². The van der Waals surface area contributed by atoms with E-state index in [1.54, 1.807) is 0 Å². The standard InChI is InChI=1S/C25H33N3O5/c29-21(16-28-22(30)25(27-23(28)31)11-3-1-2-4-12-25)26-17-24(9-5-6-10-24)18-7-8-19-20(15-18)33-14-13-32-19/h7-8,15H,1-6,9-14,16-17H2,(H,26,29)(H,27,31). The molecule has 0 atom stereocenters. The van der Waals surface area contributed by atoms with Crippen LogP contribution in [0.15, 0.2) is 18.2 Å². The Morgan fingerprint density at radius 3 is 2.33 bits per heavy atom. The molecule has 178 valence electrons. The molecular formula is C25H33N3O5. The van der Waals surface area contributed by atoms with E-state index in [0.29, 0.717) is 32.6 Å². The quantitative estimate of drug-likeness (QED) is 0.666. The Balaban J connectivity index is 1.25. The molecule has 8 heteroatoms. The minimum atomic E-state index is -0.814. The number of urea groups is 1. The lowest BCUT2D eigenvalue weighted by atomic mass is 9.78. The Kier molecular flexibility index (Phi) is 5.93. The van der Waals surface area contributed by atoms with Crippen LogP contribution in [0.25, 0.3) is 0 Å². The Morgan fingerprint density at radius 2 is 1.61 bits per heavy atom. The van der Waals surface area contributed by atoms with E-state index in [9.17, 15) is 14.4 Å². The van der Waals surface area contributed by atoms with Crippen molar-refractivity contribution >= 4 is 17.8 Å². The van der Waals surface area contributed by atoms with Gasteiger partial charge in [0.2, 0.25) is 5.91 Å². The number of fused-ring (bicyclic) bond motifs is 1. The van der Waals surface area contributed by atoms with E-state index in [4.69, 9.17) is 9.47 Å². The van der Waals surface area contributed by atoms with Gasteiger partial charge in [-0.15, -0.1) is 0 Å². The van der Waals surface area contributed by atoms with E-state index < -0.39 is 11.6 Å². The lowest BCUT2D eigenvalue weighted by Crippen LogP contribution is -2.48. The minimum Gasteiger partial charge on any atom is -0.486 e. The van der Waals surface area contributed by atoms with Crippen LogP contribution in [0.2, 0.25) is 0 Å². The maximum atomic E-state index is 13.1. The molecule has 1 saturated heterocycles. The molecule has 4 amide bonds. The minimum absolute atomic E-state index is 0.175. The summed E-state index contributed by atoms with van der Waals surface area (Å²) in [7, 11) is 0. The van der Waals surface area contributed by atoms with Gasteiger partial charge in [-0.05, 0) is 43.4 Å². The van der Waals surface area contributed by atoms with Crippen molar-refractivity contribution in [1.82, 2.24) is 15.5 Å². The third-order valence-corrected chi connectivity index (χ3v) is 7.84. The highest BCUT2D eigenvalue weighted by atomic mass is 16.6. The molecule has 1 spiro atoms. The molecule has 2 saturated carbocycles. The first-order valence-corrected chi connectivity index (χ1v) is 12.3. The topological polar surface area (TPSA) is 97.0 Å². The molecule has 5 rings (SSSR count). The fourth-order valence-corrected chi connectivity index (χ4v) is 5.95. The van der Waals surface area contributed by atoms with Gasteiger partial charge in [0, 0.05) is 12.0 Å². The highest BCUT2D eigenvalue weighted by molar-refractivity contribution is 6.09. The van der Waals surface area contributed by atoms with Crippen LogP contribution in [0.5, 0.6) is 11.5 Å². The number of rotatable bonds is 5. The van der Waals surface area contributed by atoms with Gasteiger partial charge in [0.25, 0.3) is 5.91 Å². The molecule has 3 fully saturated rings. The van der Waals surface area contributed by atoms with Gasteiger partial charge in [0.1, 0.15) is 25.3 Å². The van der Waals surface area contributed by atoms with Crippen molar-refractivity contribution in [2.75, 3.05) is 26.3 Å². The monoisotopic (exact) mass is 455 g/mol. The van der Waals surface area contributed by atoms with Crippen LogP contribution < -0.4 is 20.1 Å². The van der Waals surface area contributed by atoms with Crippen LogP contribution in [0.4, 0.5) is 4.79 Å². The van der Waals surface area contributed by atoms with Gasteiger partial charge in [-0.1, -0.05) is 44.6 Å². The molecule has 0 aromatic heterocycles. The summed E-state index contributed by atoms with van der Waals surface area (Å²) in [6.45, 7) is 1.33. The second-order valence-corrected chi connectivity index (χ2v) is 9.94. The maximum Gasteiger partial charge on any atom is 0.325 e. The molecule has 0 bridgehead atoms. The first-order valence-electron chi connectivity index (χ1n) is 12.3. The first kappa shape index (κ1) is 22.0. The molecule has 1 aromatic carbocycles. The number of hydrogen-bond donors (Lipinski definition) is 2. The average Bonchev–Trinajstić information content (AvgIpc) is 3.30. The van der Waals surface area contributed by atoms with Gasteiger partial charge < -0.3 is 20.1 Å². The third kappa shape index (κ3) is 4.15. The van der Waals surface area contributed by atoms with E-state index in [2.05, 4.69) is 16.7 Å². The normalized spacial score (nSPS) is 23.3. The fourth-order valence-electron chi connectivity index (χ4n) is 5.95. The molecule has 8 nitrogen and oxygen atoms in total. The molecule has 2 heterocycles. The number of carbonyl (C=O) groups excluding carboxylic acids is 3. The zero-order chi connectivity index (χ0) is 22.9. The zero-order valence-corrected chi connectivity index (χ0v) is 19.1. The van der Waals surface area contributed by atoms with Crippen molar-refractivity contribution in [2.45, 2.75) is 75.2 Å². The number of ether oxygens (including phenoxy) is 2. The van der Waals surface area contributed by atoms with Crippen LogP contribution in [0.1, 0.15) is 69.8 Å². The number of nitrogens with one attached hydrogen (secondary N) is 2. The van der Waals surface area contributed by atoms with E-state index in [0.717, 1.165) is 73.3 Å². The number of carbonyl (C=O) groups is 3. The molecule has 0 unspecified atom stereocenters. The van der Waals surface area contributed by atoms with Gasteiger partial charge in [-0.2, -0.15) is 0 Å². The molecule has 2 N–H and O–H groups in total. The van der Waals surface area contributed by atoms with Crippen molar-refractivity contribution in [2.24, 2.45) is 0 Å². The molecule has 2 aliphatic carbocycles. The van der Waals surface area contributed by atoms with Gasteiger partial charge in [0.15, 0.2) is 11.5 Å². The van der Waals surface area contributed by atoms with Crippen LogP contribution in [-0.2, 0) is 15.0 Å². The number of nitrogens with zero attached hydrogens (tertiary/aromatic N) is 1. The summed E-state index contributed by atoms with van der Waals surface area (Å²) in [6, 6.07) is 5.61. The second-order valence-electron chi connectivity index (χ2n) is 9.94.